The molecule has 0 N–H and O–H groups in total. The lowest BCUT2D eigenvalue weighted by atomic mass is 9.32. The van der Waals surface area contributed by atoms with Crippen LogP contribution in [-0.2, 0) is 10.8 Å². The quantitative estimate of drug-likeness (QED) is 0.436. The highest BCUT2D eigenvalue weighted by Crippen LogP contribution is 2.74. The lowest BCUT2D eigenvalue weighted by Crippen LogP contribution is -2.67. The summed E-state index contributed by atoms with van der Waals surface area (Å²) in [4.78, 5) is 0. The molecule has 0 nitrogen and oxygen atoms in total. The third kappa shape index (κ3) is 1.45. The Morgan fingerprint density at radius 2 is 0.846 bits per heavy atom. The molecule has 0 aromatic heterocycles. The van der Waals surface area contributed by atoms with Crippen molar-refractivity contribution >= 4 is 10.8 Å². The van der Waals surface area contributed by atoms with Gasteiger partial charge in [-0.2, -0.15) is 0 Å². The highest BCUT2D eigenvalue weighted by molar-refractivity contribution is 5.93. The molecule has 0 heterocycles. The van der Waals surface area contributed by atoms with Gasteiger partial charge in [0.1, 0.15) is 0 Å². The smallest absolute Gasteiger partial charge is 0.0196 e. The number of hydrogen-bond acceptors (Lipinski definition) is 0. The average Bonchev–Trinajstić information content (AvgIpc) is 2.59. The molecule has 0 fully saturated rings. The fourth-order valence-electron chi connectivity index (χ4n) is 6.97. The molecule has 2 unspecified atom stereocenters. The summed E-state index contributed by atoms with van der Waals surface area (Å²) in [7, 11) is 0. The molecule has 0 aliphatic heterocycles. The fourth-order valence-corrected chi connectivity index (χ4v) is 6.97. The first-order valence-corrected chi connectivity index (χ1v) is 10.1. The van der Waals surface area contributed by atoms with E-state index < -0.39 is 0 Å². The molecule has 0 heteroatoms. The molecule has 0 radical (unpaired) electrons. The van der Waals surface area contributed by atoms with E-state index in [-0.39, 0.29) is 21.7 Å². The molecule has 2 bridgehead atoms. The summed E-state index contributed by atoms with van der Waals surface area (Å²) >= 11 is 0. The van der Waals surface area contributed by atoms with Crippen LogP contribution < -0.4 is 0 Å². The predicted octanol–water partition coefficient (Wildman–Crippen LogP) is 7.39. The van der Waals surface area contributed by atoms with E-state index >= 15 is 0 Å². The standard InChI is InChI=1S/C26H34/c1-15-19-13-11-12-14-20(19)16(2)22-21(15)25(9)17(3)18(4)26(22,10)24(7,8)23(25,5)6/h11-14H,1-10H3. The van der Waals surface area contributed by atoms with Crippen LogP contribution in [0, 0.1) is 24.7 Å². The lowest BCUT2D eigenvalue weighted by Gasteiger charge is -2.71. The number of allylic oxidation sites excluding steroid dienone is 2. The van der Waals surface area contributed by atoms with Gasteiger partial charge in [-0.25, -0.2) is 0 Å². The second kappa shape index (κ2) is 4.64. The summed E-state index contributed by atoms with van der Waals surface area (Å²) < 4.78 is 0. The first-order valence-electron chi connectivity index (χ1n) is 10.1. The van der Waals surface area contributed by atoms with Gasteiger partial charge in [0, 0.05) is 10.8 Å². The van der Waals surface area contributed by atoms with Crippen LogP contribution in [0.1, 0.15) is 77.6 Å². The van der Waals surface area contributed by atoms with E-state index in [0.717, 1.165) is 0 Å². The summed E-state index contributed by atoms with van der Waals surface area (Å²) in [5.41, 5.74) is 9.86. The highest BCUT2D eigenvalue weighted by atomic mass is 14.7. The molecule has 2 aromatic carbocycles. The lowest BCUT2D eigenvalue weighted by molar-refractivity contribution is -0.0479. The van der Waals surface area contributed by atoms with Crippen molar-refractivity contribution in [1.82, 2.24) is 0 Å². The van der Waals surface area contributed by atoms with E-state index in [1.54, 1.807) is 22.3 Å². The Morgan fingerprint density at radius 3 is 1.15 bits per heavy atom. The summed E-state index contributed by atoms with van der Waals surface area (Å²) in [5.74, 6) is 0. The van der Waals surface area contributed by atoms with Gasteiger partial charge in [0.15, 0.2) is 0 Å². The molecule has 138 valence electrons. The zero-order valence-corrected chi connectivity index (χ0v) is 18.3. The van der Waals surface area contributed by atoms with Crippen molar-refractivity contribution in [2.45, 2.75) is 80.1 Å². The molecule has 26 heavy (non-hydrogen) atoms. The zero-order valence-electron chi connectivity index (χ0n) is 18.3. The van der Waals surface area contributed by atoms with Crippen molar-refractivity contribution in [2.75, 3.05) is 0 Å². The maximum absolute atomic E-state index is 2.52. The molecule has 0 spiro atoms. The number of hydrogen-bond donors (Lipinski definition) is 0. The zero-order chi connectivity index (χ0) is 19.4. The highest BCUT2D eigenvalue weighted by Gasteiger charge is 2.69. The van der Waals surface area contributed by atoms with Crippen LogP contribution in [0.25, 0.3) is 10.8 Å². The molecule has 5 rings (SSSR count). The minimum atomic E-state index is 0.0621. The summed E-state index contributed by atoms with van der Waals surface area (Å²) in [5, 5.41) is 2.86. The SMILES string of the molecule is CC1=C(C)C2(C)c3c(c(C)c4ccccc4c3C)C1(C)C(C)(C)C2(C)C. The summed E-state index contributed by atoms with van der Waals surface area (Å²) in [6, 6.07) is 9.01. The van der Waals surface area contributed by atoms with E-state index in [1.807, 2.05) is 0 Å². The minimum absolute atomic E-state index is 0.0621. The first kappa shape index (κ1) is 17.8. The Kier molecular flexibility index (Phi) is 3.18. The van der Waals surface area contributed by atoms with E-state index in [2.05, 4.69) is 93.5 Å². The van der Waals surface area contributed by atoms with Gasteiger partial charge < -0.3 is 0 Å². The third-order valence-corrected chi connectivity index (χ3v) is 9.86. The second-order valence-electron chi connectivity index (χ2n) is 10.3. The van der Waals surface area contributed by atoms with Crippen molar-refractivity contribution < 1.29 is 0 Å². The molecule has 3 aliphatic carbocycles. The van der Waals surface area contributed by atoms with Crippen LogP contribution in [0.5, 0.6) is 0 Å². The Bertz CT molecular complexity index is 918. The van der Waals surface area contributed by atoms with Gasteiger partial charge in [-0.05, 0) is 71.6 Å². The fraction of sp³-hybridized carbons (Fsp3) is 0.538. The van der Waals surface area contributed by atoms with E-state index in [9.17, 15) is 0 Å². The summed E-state index contributed by atoms with van der Waals surface area (Å²) in [6.45, 7) is 24.6. The molecule has 2 atom stereocenters. The van der Waals surface area contributed by atoms with E-state index in [1.165, 1.54) is 21.9 Å². The minimum Gasteiger partial charge on any atom is -0.0626 e. The van der Waals surface area contributed by atoms with Crippen molar-refractivity contribution in [3.8, 4) is 0 Å². The van der Waals surface area contributed by atoms with Crippen molar-refractivity contribution in [2.24, 2.45) is 10.8 Å². The Balaban J connectivity index is 2.35. The van der Waals surface area contributed by atoms with Gasteiger partial charge in [0.25, 0.3) is 0 Å². The normalized spacial score (nSPS) is 31.5. The average molecular weight is 347 g/mol. The largest absolute Gasteiger partial charge is 0.0626 e. The number of benzene rings is 2. The van der Waals surface area contributed by atoms with Crippen LogP contribution in [0.15, 0.2) is 35.4 Å². The molecule has 0 saturated carbocycles. The molecular weight excluding hydrogens is 312 g/mol. The van der Waals surface area contributed by atoms with Gasteiger partial charge in [-0.3, -0.25) is 0 Å². The molecule has 0 saturated heterocycles. The van der Waals surface area contributed by atoms with Crippen LogP contribution in [0.3, 0.4) is 0 Å². The van der Waals surface area contributed by atoms with Crippen LogP contribution in [0.4, 0.5) is 0 Å². The Hall–Kier alpha value is -1.56. The Labute approximate surface area is 159 Å². The number of aryl methyl sites for hydroxylation is 2. The molecule has 0 amide bonds. The Morgan fingerprint density at radius 1 is 0.538 bits per heavy atom. The van der Waals surface area contributed by atoms with Crippen LogP contribution in [-0.4, -0.2) is 0 Å². The monoisotopic (exact) mass is 346 g/mol. The van der Waals surface area contributed by atoms with Gasteiger partial charge in [0.2, 0.25) is 0 Å². The van der Waals surface area contributed by atoms with Gasteiger partial charge in [-0.1, -0.05) is 77.0 Å². The summed E-state index contributed by atoms with van der Waals surface area (Å²) in [6.07, 6.45) is 0. The van der Waals surface area contributed by atoms with Crippen LogP contribution in [0.2, 0.25) is 0 Å². The number of rotatable bonds is 0. The second-order valence-corrected chi connectivity index (χ2v) is 10.3. The van der Waals surface area contributed by atoms with Crippen molar-refractivity contribution in [1.29, 1.82) is 0 Å². The topological polar surface area (TPSA) is 0 Å². The molecule has 3 aliphatic rings. The first-order chi connectivity index (χ1) is 11.9. The van der Waals surface area contributed by atoms with E-state index in [4.69, 9.17) is 0 Å². The van der Waals surface area contributed by atoms with Crippen LogP contribution >= 0.6 is 0 Å². The maximum Gasteiger partial charge on any atom is 0.0196 e. The van der Waals surface area contributed by atoms with Gasteiger partial charge >= 0.3 is 0 Å². The number of fused-ring (bicyclic) bond motifs is 2. The molecule has 2 aromatic rings. The van der Waals surface area contributed by atoms with Crippen molar-refractivity contribution in [3.63, 3.8) is 0 Å². The van der Waals surface area contributed by atoms with Crippen molar-refractivity contribution in [3.05, 3.63) is 57.7 Å². The van der Waals surface area contributed by atoms with Gasteiger partial charge in [-0.15, -0.1) is 0 Å². The van der Waals surface area contributed by atoms with Gasteiger partial charge in [0.05, 0.1) is 0 Å². The molecular formula is C26H34. The predicted molar refractivity (Wildman–Crippen MR) is 114 cm³/mol. The third-order valence-electron chi connectivity index (χ3n) is 9.86. The van der Waals surface area contributed by atoms with E-state index in [0.29, 0.717) is 0 Å². The maximum atomic E-state index is 2.52.